The first-order valence-electron chi connectivity index (χ1n) is 3.40. The molecule has 0 saturated carbocycles. The van der Waals surface area contributed by atoms with Crippen LogP contribution in [0.25, 0.3) is 0 Å². The molecule has 0 radical (unpaired) electrons. The van der Waals surface area contributed by atoms with Gasteiger partial charge in [0.2, 0.25) is 0 Å². The van der Waals surface area contributed by atoms with Crippen LogP contribution in [0.3, 0.4) is 0 Å². The van der Waals surface area contributed by atoms with Crippen LogP contribution in [0.5, 0.6) is 0 Å². The van der Waals surface area contributed by atoms with E-state index in [1.807, 2.05) is 0 Å². The van der Waals surface area contributed by atoms with Crippen LogP contribution in [0.2, 0.25) is 0 Å². The number of hydrogen-bond donors (Lipinski definition) is 1. The zero-order valence-electron chi connectivity index (χ0n) is 6.87. The van der Waals surface area contributed by atoms with E-state index in [0.29, 0.717) is 24.8 Å². The molecule has 0 aromatic rings. The molecule has 0 aliphatic heterocycles. The Morgan fingerprint density at radius 2 is 1.83 bits per heavy atom. The molecule has 7 heteroatoms. The van der Waals surface area contributed by atoms with E-state index in [1.165, 1.54) is 11.8 Å². The molecule has 0 aliphatic carbocycles. The molecule has 12 heavy (non-hydrogen) atoms. The molecule has 1 atom stereocenters. The summed E-state index contributed by atoms with van der Waals surface area (Å²) in [6, 6.07) is 0. The highest BCUT2D eigenvalue weighted by molar-refractivity contribution is 7.53. The first-order valence-corrected chi connectivity index (χ1v) is 6.11. The predicted molar refractivity (Wildman–Crippen MR) is 51.8 cm³/mol. The number of rotatable bonds is 6. The summed E-state index contributed by atoms with van der Waals surface area (Å²) in [6.07, 6.45) is 0. The lowest BCUT2D eigenvalue weighted by Gasteiger charge is -2.24. The van der Waals surface area contributed by atoms with Crippen molar-refractivity contribution >= 4 is 30.9 Å². The van der Waals surface area contributed by atoms with Crippen molar-refractivity contribution in [3.8, 4) is 0 Å². The van der Waals surface area contributed by atoms with Gasteiger partial charge in [-0.05, 0) is 0 Å². The van der Waals surface area contributed by atoms with Crippen LogP contribution in [0, 0.1) is 0 Å². The first kappa shape index (κ1) is 12.7. The van der Waals surface area contributed by atoms with Crippen LogP contribution in [-0.2, 0) is 9.09 Å². The molecule has 0 saturated heterocycles. The van der Waals surface area contributed by atoms with E-state index in [2.05, 4.69) is 4.52 Å². The van der Waals surface area contributed by atoms with Crippen molar-refractivity contribution < 1.29 is 9.09 Å². The quantitative estimate of drug-likeness (QED) is 0.559. The van der Waals surface area contributed by atoms with Gasteiger partial charge in [-0.3, -0.25) is 4.57 Å². The Hall–Kier alpha value is 0.690. The fourth-order valence-electron chi connectivity index (χ4n) is 0.701. The van der Waals surface area contributed by atoms with Gasteiger partial charge in [0.15, 0.2) is 0 Å². The number of nitrogens with zero attached hydrogens (tertiary/aromatic N) is 1. The summed E-state index contributed by atoms with van der Waals surface area (Å²) in [4.78, 5) is 0. The van der Waals surface area contributed by atoms with Crippen molar-refractivity contribution in [2.24, 2.45) is 5.50 Å². The molecule has 0 rings (SSSR count). The second-order valence-corrected chi connectivity index (χ2v) is 4.89. The van der Waals surface area contributed by atoms with Crippen molar-refractivity contribution in [2.45, 2.75) is 0 Å². The van der Waals surface area contributed by atoms with Crippen LogP contribution < -0.4 is 5.50 Å². The lowest BCUT2D eigenvalue weighted by atomic mass is 10.6. The average molecular weight is 235 g/mol. The Balaban J connectivity index is 4.17. The molecule has 4 nitrogen and oxygen atoms in total. The Bertz CT molecular complexity index is 164. The van der Waals surface area contributed by atoms with Crippen LogP contribution in [0.4, 0.5) is 0 Å². The van der Waals surface area contributed by atoms with E-state index in [9.17, 15) is 4.57 Å². The average Bonchev–Trinajstić information content (AvgIpc) is 2.04. The number of halogens is 2. The zero-order valence-corrected chi connectivity index (χ0v) is 9.28. The largest absolute Gasteiger partial charge is 0.340 e. The summed E-state index contributed by atoms with van der Waals surface area (Å²) >= 11 is 11.0. The highest BCUT2D eigenvalue weighted by Gasteiger charge is 2.24. The Morgan fingerprint density at radius 3 is 2.08 bits per heavy atom. The second-order valence-electron chi connectivity index (χ2n) is 2.08. The van der Waals surface area contributed by atoms with Gasteiger partial charge in [0, 0.05) is 32.0 Å². The molecule has 0 aromatic heterocycles. The molecule has 0 heterocycles. The van der Waals surface area contributed by atoms with Crippen LogP contribution in [0.15, 0.2) is 0 Å². The summed E-state index contributed by atoms with van der Waals surface area (Å²) in [5, 5.41) is 0. The minimum absolute atomic E-state index is 0.349. The van der Waals surface area contributed by atoms with Crippen LogP contribution >= 0.6 is 30.9 Å². The van der Waals surface area contributed by atoms with E-state index < -0.39 is 7.67 Å². The molecule has 0 amide bonds. The molecule has 2 N–H and O–H groups in total. The van der Waals surface area contributed by atoms with E-state index in [0.717, 1.165) is 0 Å². The molecule has 0 spiro atoms. The van der Waals surface area contributed by atoms with Crippen molar-refractivity contribution in [3.63, 3.8) is 0 Å². The number of nitrogens with two attached hydrogens (primary N) is 1. The van der Waals surface area contributed by atoms with Crippen molar-refractivity contribution in [2.75, 3.05) is 32.0 Å². The second kappa shape index (κ2) is 6.19. The van der Waals surface area contributed by atoms with Gasteiger partial charge in [0.25, 0.3) is 0 Å². The topological polar surface area (TPSA) is 55.6 Å². The van der Waals surface area contributed by atoms with Gasteiger partial charge in [-0.1, -0.05) is 0 Å². The SMILES string of the molecule is COP(N)(=O)N(CCCl)CCCl. The third-order valence-corrected chi connectivity index (χ3v) is 3.39. The fourth-order valence-corrected chi connectivity index (χ4v) is 2.33. The van der Waals surface area contributed by atoms with E-state index in [-0.39, 0.29) is 0 Å². The maximum Gasteiger partial charge on any atom is 0.340 e. The van der Waals surface area contributed by atoms with Crippen molar-refractivity contribution in [1.29, 1.82) is 0 Å². The lowest BCUT2D eigenvalue weighted by Crippen LogP contribution is -2.29. The van der Waals surface area contributed by atoms with E-state index in [1.54, 1.807) is 0 Å². The summed E-state index contributed by atoms with van der Waals surface area (Å²) in [5.41, 5.74) is 5.37. The van der Waals surface area contributed by atoms with Gasteiger partial charge in [0.05, 0.1) is 0 Å². The lowest BCUT2D eigenvalue weighted by molar-refractivity contribution is 0.319. The smallest absolute Gasteiger partial charge is 0.310 e. The summed E-state index contributed by atoms with van der Waals surface area (Å²) in [5.74, 6) is 0.697. The molecule has 1 unspecified atom stereocenters. The van der Waals surface area contributed by atoms with Crippen molar-refractivity contribution in [3.05, 3.63) is 0 Å². The van der Waals surface area contributed by atoms with E-state index in [4.69, 9.17) is 28.7 Å². The Morgan fingerprint density at radius 1 is 1.42 bits per heavy atom. The number of hydrogen-bond acceptors (Lipinski definition) is 2. The summed E-state index contributed by atoms with van der Waals surface area (Å²) < 4.78 is 17.5. The standard InChI is InChI=1S/C5H13Cl2N2O2P/c1-11-12(8,10)9(4-2-6)5-3-7/h2-5H2,1H3,(H2,8,10). The monoisotopic (exact) mass is 234 g/mol. The van der Waals surface area contributed by atoms with Gasteiger partial charge < -0.3 is 4.52 Å². The highest BCUT2D eigenvalue weighted by Crippen LogP contribution is 2.40. The van der Waals surface area contributed by atoms with Crippen LogP contribution in [0.1, 0.15) is 0 Å². The van der Waals surface area contributed by atoms with Crippen molar-refractivity contribution in [1.82, 2.24) is 4.67 Å². The van der Waals surface area contributed by atoms with E-state index >= 15 is 0 Å². The molecular weight excluding hydrogens is 222 g/mol. The Labute approximate surface area is 82.5 Å². The molecule has 0 fully saturated rings. The molecule has 0 aromatic carbocycles. The van der Waals surface area contributed by atoms with Gasteiger partial charge in [-0.25, -0.2) is 10.2 Å². The minimum Gasteiger partial charge on any atom is -0.310 e. The maximum absolute atomic E-state index is 11.4. The molecule has 0 aliphatic rings. The minimum atomic E-state index is -3.15. The Kier molecular flexibility index (Phi) is 6.55. The zero-order chi connectivity index (χ0) is 9.61. The third-order valence-electron chi connectivity index (χ3n) is 1.34. The van der Waals surface area contributed by atoms with Gasteiger partial charge in [-0.15, -0.1) is 23.2 Å². The normalized spacial score (nSPS) is 16.4. The predicted octanol–water partition coefficient (Wildman–Crippen LogP) is 1.48. The molecular formula is C5H13Cl2N2O2P. The highest BCUT2D eigenvalue weighted by atomic mass is 35.5. The maximum atomic E-state index is 11.4. The van der Waals surface area contributed by atoms with Gasteiger partial charge in [-0.2, -0.15) is 0 Å². The third kappa shape index (κ3) is 4.08. The molecule has 74 valence electrons. The summed E-state index contributed by atoms with van der Waals surface area (Å²) in [7, 11) is -1.85. The first-order chi connectivity index (χ1) is 5.58. The van der Waals surface area contributed by atoms with Crippen LogP contribution in [-0.4, -0.2) is 36.6 Å². The van der Waals surface area contributed by atoms with Gasteiger partial charge >= 0.3 is 7.67 Å². The summed E-state index contributed by atoms with van der Waals surface area (Å²) in [6.45, 7) is 0.825. The number of alkyl halides is 2. The fraction of sp³-hybridized carbons (Fsp3) is 1.00. The van der Waals surface area contributed by atoms with Gasteiger partial charge in [0.1, 0.15) is 0 Å². The molecule has 0 bridgehead atoms.